The largest absolute Gasteiger partial charge is 0.484 e. The number of nitrogens with one attached hydrogen (secondary N) is 1. The number of amides is 1. The Labute approximate surface area is 123 Å². The first kappa shape index (κ1) is 15.3. The molecule has 112 valence electrons. The molecule has 2 N–H and O–H groups in total. The Morgan fingerprint density at radius 1 is 1.57 bits per heavy atom. The van der Waals surface area contributed by atoms with Gasteiger partial charge in [0.1, 0.15) is 11.4 Å². The fourth-order valence-electron chi connectivity index (χ4n) is 2.08. The lowest BCUT2D eigenvalue weighted by Gasteiger charge is -2.26. The Hall–Kier alpha value is -2.10. The predicted octanol–water partition coefficient (Wildman–Crippen LogP) is 0.593. The van der Waals surface area contributed by atoms with Gasteiger partial charge in [0.05, 0.1) is 17.7 Å². The monoisotopic (exact) mass is 290 g/mol. The van der Waals surface area contributed by atoms with Gasteiger partial charge in [-0.25, -0.2) is 0 Å². The van der Waals surface area contributed by atoms with Gasteiger partial charge >= 0.3 is 0 Å². The lowest BCUT2D eigenvalue weighted by molar-refractivity contribution is -0.124. The molecule has 1 fully saturated rings. The van der Waals surface area contributed by atoms with Gasteiger partial charge in [0, 0.05) is 19.6 Å². The number of rotatable bonds is 5. The Morgan fingerprint density at radius 3 is 2.86 bits per heavy atom. The van der Waals surface area contributed by atoms with Crippen LogP contribution in [0.1, 0.15) is 18.9 Å². The molecule has 0 bridgehead atoms. The van der Waals surface area contributed by atoms with Gasteiger partial charge in [-0.15, -0.1) is 0 Å². The number of aliphatic hydroxyl groups is 1. The molecular formula is C15H18N2O4. The van der Waals surface area contributed by atoms with Gasteiger partial charge in [0.25, 0.3) is 5.91 Å². The molecule has 2 unspecified atom stereocenters. The van der Waals surface area contributed by atoms with E-state index in [9.17, 15) is 9.90 Å². The van der Waals surface area contributed by atoms with E-state index in [1.54, 1.807) is 31.2 Å². The van der Waals surface area contributed by atoms with Crippen molar-refractivity contribution >= 4 is 5.91 Å². The van der Waals surface area contributed by atoms with Gasteiger partial charge in [0.2, 0.25) is 0 Å². The van der Waals surface area contributed by atoms with Gasteiger partial charge in [-0.3, -0.25) is 4.79 Å². The van der Waals surface area contributed by atoms with Gasteiger partial charge in [-0.1, -0.05) is 0 Å². The zero-order valence-electron chi connectivity index (χ0n) is 11.8. The third-order valence-electron chi connectivity index (χ3n) is 3.60. The topological polar surface area (TPSA) is 91.6 Å². The Balaban J connectivity index is 1.76. The summed E-state index contributed by atoms with van der Waals surface area (Å²) in [5.41, 5.74) is -0.478. The van der Waals surface area contributed by atoms with Crippen molar-refractivity contribution in [2.24, 2.45) is 0 Å². The number of ether oxygens (including phenoxy) is 2. The molecule has 1 aliphatic heterocycles. The number of carbonyl (C=O) groups is 1. The van der Waals surface area contributed by atoms with E-state index in [1.807, 2.05) is 6.07 Å². The molecule has 1 amide bonds. The second kappa shape index (κ2) is 6.57. The normalized spacial score (nSPS) is 24.3. The molecule has 1 heterocycles. The molecule has 2 atom stereocenters. The first-order valence-corrected chi connectivity index (χ1v) is 6.77. The summed E-state index contributed by atoms with van der Waals surface area (Å²) in [6, 6.07) is 8.50. The molecule has 0 saturated carbocycles. The summed E-state index contributed by atoms with van der Waals surface area (Å²) in [5.74, 6) is 0.201. The molecule has 0 aromatic heterocycles. The van der Waals surface area contributed by atoms with Crippen LogP contribution in [0.3, 0.4) is 0 Å². The highest BCUT2D eigenvalue weighted by Crippen LogP contribution is 2.24. The number of nitrogens with zero attached hydrogens (tertiary/aromatic N) is 1. The van der Waals surface area contributed by atoms with E-state index in [2.05, 4.69) is 5.32 Å². The third kappa shape index (κ3) is 3.94. The van der Waals surface area contributed by atoms with Crippen molar-refractivity contribution in [3.05, 3.63) is 29.8 Å². The molecule has 6 heteroatoms. The summed E-state index contributed by atoms with van der Waals surface area (Å²) in [6.07, 6.45) is 0.211. The number of benzene rings is 1. The van der Waals surface area contributed by atoms with Crippen molar-refractivity contribution < 1.29 is 19.4 Å². The van der Waals surface area contributed by atoms with Crippen LogP contribution in [0.2, 0.25) is 0 Å². The zero-order chi connectivity index (χ0) is 15.3. The second-order valence-electron chi connectivity index (χ2n) is 5.07. The minimum atomic E-state index is -1.01. The molecule has 1 aromatic rings. The molecule has 1 saturated heterocycles. The molecule has 6 nitrogen and oxygen atoms in total. The van der Waals surface area contributed by atoms with Crippen LogP contribution >= 0.6 is 0 Å². The summed E-state index contributed by atoms with van der Waals surface area (Å²) in [6.45, 7) is 2.28. The van der Waals surface area contributed by atoms with Crippen molar-refractivity contribution in [1.29, 1.82) is 5.26 Å². The Bertz CT molecular complexity index is 538. The highest BCUT2D eigenvalue weighted by Gasteiger charge is 2.39. The highest BCUT2D eigenvalue weighted by atomic mass is 16.5. The van der Waals surface area contributed by atoms with Crippen molar-refractivity contribution in [1.82, 2.24) is 5.32 Å². The average molecular weight is 290 g/mol. The third-order valence-corrected chi connectivity index (χ3v) is 3.60. The summed E-state index contributed by atoms with van der Waals surface area (Å²) < 4.78 is 10.6. The van der Waals surface area contributed by atoms with Crippen LogP contribution in [-0.4, -0.2) is 42.5 Å². The molecule has 2 rings (SSSR count). The van der Waals surface area contributed by atoms with Crippen LogP contribution in [0.4, 0.5) is 0 Å². The maximum Gasteiger partial charge on any atom is 0.258 e. The van der Waals surface area contributed by atoms with Crippen LogP contribution in [0.5, 0.6) is 5.75 Å². The summed E-state index contributed by atoms with van der Waals surface area (Å²) >= 11 is 0. The molecule has 21 heavy (non-hydrogen) atoms. The zero-order valence-corrected chi connectivity index (χ0v) is 11.8. The fraction of sp³-hybridized carbons (Fsp3) is 0.467. The molecule has 1 aromatic carbocycles. The van der Waals surface area contributed by atoms with Gasteiger partial charge in [-0.05, 0) is 31.2 Å². The lowest BCUT2D eigenvalue weighted by atomic mass is 9.97. The molecule has 0 spiro atoms. The summed E-state index contributed by atoms with van der Waals surface area (Å²) in [5, 5.41) is 21.6. The van der Waals surface area contributed by atoms with Gasteiger partial charge < -0.3 is 19.9 Å². The summed E-state index contributed by atoms with van der Waals surface area (Å²) in [7, 11) is 0. The van der Waals surface area contributed by atoms with Gasteiger partial charge in [-0.2, -0.15) is 5.26 Å². The molecule has 0 radical (unpaired) electrons. The highest BCUT2D eigenvalue weighted by molar-refractivity contribution is 5.77. The van der Waals surface area contributed by atoms with Crippen molar-refractivity contribution in [2.45, 2.75) is 25.0 Å². The van der Waals surface area contributed by atoms with Crippen LogP contribution < -0.4 is 10.1 Å². The van der Waals surface area contributed by atoms with E-state index in [1.165, 1.54) is 0 Å². The number of carbonyl (C=O) groups excluding carboxylic acids is 1. The minimum Gasteiger partial charge on any atom is -0.484 e. The van der Waals surface area contributed by atoms with E-state index in [0.717, 1.165) is 0 Å². The van der Waals surface area contributed by atoms with E-state index >= 15 is 0 Å². The number of hydrogen-bond donors (Lipinski definition) is 2. The van der Waals surface area contributed by atoms with Crippen LogP contribution in [0, 0.1) is 11.3 Å². The molecule has 0 aliphatic carbocycles. The van der Waals surface area contributed by atoms with Crippen LogP contribution in [-0.2, 0) is 9.53 Å². The van der Waals surface area contributed by atoms with Crippen molar-refractivity contribution in [3.8, 4) is 11.8 Å². The summed E-state index contributed by atoms with van der Waals surface area (Å²) in [4.78, 5) is 11.7. The Kier molecular flexibility index (Phi) is 4.78. The maximum absolute atomic E-state index is 11.7. The smallest absolute Gasteiger partial charge is 0.258 e. The van der Waals surface area contributed by atoms with Crippen LogP contribution in [0.25, 0.3) is 0 Å². The van der Waals surface area contributed by atoms with E-state index in [-0.39, 0.29) is 25.2 Å². The Morgan fingerprint density at radius 2 is 2.29 bits per heavy atom. The van der Waals surface area contributed by atoms with E-state index in [4.69, 9.17) is 14.7 Å². The minimum absolute atomic E-state index is 0.142. The number of hydrogen-bond acceptors (Lipinski definition) is 5. The molecule has 1 aliphatic rings. The molecular weight excluding hydrogens is 272 g/mol. The SMILES string of the molecule is CC1OCCC1(O)CNC(=O)COc1ccc(C#N)cc1. The first-order valence-electron chi connectivity index (χ1n) is 6.77. The van der Waals surface area contributed by atoms with Crippen molar-refractivity contribution in [3.63, 3.8) is 0 Å². The van der Waals surface area contributed by atoms with Gasteiger partial charge in [0.15, 0.2) is 6.61 Å². The lowest BCUT2D eigenvalue weighted by Crippen LogP contribution is -2.48. The predicted molar refractivity (Wildman–Crippen MR) is 74.6 cm³/mol. The second-order valence-corrected chi connectivity index (χ2v) is 5.07. The first-order chi connectivity index (χ1) is 10.0. The van der Waals surface area contributed by atoms with Crippen molar-refractivity contribution in [2.75, 3.05) is 19.8 Å². The average Bonchev–Trinajstić information content (AvgIpc) is 2.83. The fourth-order valence-corrected chi connectivity index (χ4v) is 2.08. The van der Waals surface area contributed by atoms with E-state index < -0.39 is 5.60 Å². The standard InChI is InChI=1S/C15H18N2O4/c1-11-15(19,6-7-20-11)10-17-14(18)9-21-13-4-2-12(8-16)3-5-13/h2-5,11,19H,6-7,9-10H2,1H3,(H,17,18). The van der Waals surface area contributed by atoms with E-state index in [0.29, 0.717) is 24.3 Å². The maximum atomic E-state index is 11.7. The van der Waals surface area contributed by atoms with Crippen LogP contribution in [0.15, 0.2) is 24.3 Å². The number of nitriles is 1. The quantitative estimate of drug-likeness (QED) is 0.828.